The molecule has 1 unspecified atom stereocenters. The minimum atomic E-state index is -0.817. The number of ether oxygens (including phenoxy) is 2. The molecule has 0 bridgehead atoms. The molecule has 0 heterocycles. The quantitative estimate of drug-likeness (QED) is 0.454. The maximum absolute atomic E-state index is 13.6. The van der Waals surface area contributed by atoms with Gasteiger partial charge in [0.15, 0.2) is 11.6 Å². The molecular formula is C13H17FN2O5. The average Bonchev–Trinajstić information content (AvgIpc) is 2.45. The van der Waals surface area contributed by atoms with Gasteiger partial charge in [-0.1, -0.05) is 6.92 Å². The Hall–Kier alpha value is -2.38. The number of nitro groups is 1. The molecule has 1 aromatic carbocycles. The molecule has 7 nitrogen and oxygen atoms in total. The van der Waals surface area contributed by atoms with Crippen molar-refractivity contribution >= 4 is 17.3 Å². The average molecular weight is 300 g/mol. The number of anilines is 1. The lowest BCUT2D eigenvalue weighted by Crippen LogP contribution is -2.29. The first-order valence-electron chi connectivity index (χ1n) is 6.12. The SMILES string of the molecule is COC(=O)C(C)CN(C)c1cc(OC)c(F)cc1[N+](=O)[O-]. The molecule has 0 radical (unpaired) electrons. The zero-order valence-corrected chi connectivity index (χ0v) is 12.3. The number of carbonyl (C=O) groups is 1. The topological polar surface area (TPSA) is 81.9 Å². The number of esters is 1. The normalized spacial score (nSPS) is 11.7. The molecule has 0 aromatic heterocycles. The van der Waals surface area contributed by atoms with Gasteiger partial charge in [-0.25, -0.2) is 4.39 Å². The number of hydrogen-bond donors (Lipinski definition) is 0. The van der Waals surface area contributed by atoms with E-state index in [1.165, 1.54) is 25.2 Å². The lowest BCUT2D eigenvalue weighted by atomic mass is 10.1. The molecule has 0 saturated heterocycles. The number of nitrogens with zero attached hydrogens (tertiary/aromatic N) is 2. The van der Waals surface area contributed by atoms with Gasteiger partial charge in [-0.05, 0) is 0 Å². The van der Waals surface area contributed by atoms with Crippen LogP contribution in [-0.4, -0.2) is 38.7 Å². The van der Waals surface area contributed by atoms with Crippen LogP contribution in [0.5, 0.6) is 5.75 Å². The fraction of sp³-hybridized carbons (Fsp3) is 0.462. The molecule has 116 valence electrons. The van der Waals surface area contributed by atoms with Gasteiger partial charge in [0.2, 0.25) is 0 Å². The van der Waals surface area contributed by atoms with E-state index in [1.807, 2.05) is 0 Å². The highest BCUT2D eigenvalue weighted by molar-refractivity contribution is 5.73. The van der Waals surface area contributed by atoms with Crippen LogP contribution in [0.25, 0.3) is 0 Å². The van der Waals surface area contributed by atoms with E-state index >= 15 is 0 Å². The molecule has 1 atom stereocenters. The molecule has 0 aliphatic rings. The summed E-state index contributed by atoms with van der Waals surface area (Å²) in [6, 6.07) is 2.03. The molecular weight excluding hydrogens is 283 g/mol. The van der Waals surface area contributed by atoms with Crippen molar-refractivity contribution in [1.82, 2.24) is 0 Å². The number of halogens is 1. The van der Waals surface area contributed by atoms with Crippen molar-refractivity contribution in [2.75, 3.05) is 32.7 Å². The van der Waals surface area contributed by atoms with Crippen molar-refractivity contribution in [3.63, 3.8) is 0 Å². The summed E-state index contributed by atoms with van der Waals surface area (Å²) >= 11 is 0. The summed E-state index contributed by atoms with van der Waals surface area (Å²) in [5.41, 5.74) is -0.234. The van der Waals surface area contributed by atoms with Crippen molar-refractivity contribution < 1.29 is 23.6 Å². The molecule has 0 saturated carbocycles. The van der Waals surface area contributed by atoms with Crippen molar-refractivity contribution in [2.24, 2.45) is 5.92 Å². The highest BCUT2D eigenvalue weighted by Crippen LogP contribution is 2.34. The van der Waals surface area contributed by atoms with Crippen LogP contribution >= 0.6 is 0 Å². The minimum Gasteiger partial charge on any atom is -0.494 e. The number of carbonyl (C=O) groups excluding carboxylic acids is 1. The Morgan fingerprint density at radius 1 is 1.48 bits per heavy atom. The number of benzene rings is 1. The van der Waals surface area contributed by atoms with Gasteiger partial charge in [-0.2, -0.15) is 0 Å². The Bertz CT molecular complexity index is 550. The van der Waals surface area contributed by atoms with E-state index in [9.17, 15) is 19.3 Å². The fourth-order valence-electron chi connectivity index (χ4n) is 1.93. The van der Waals surface area contributed by atoms with Gasteiger partial charge in [0.1, 0.15) is 5.69 Å². The van der Waals surface area contributed by atoms with Gasteiger partial charge >= 0.3 is 5.97 Å². The van der Waals surface area contributed by atoms with Crippen molar-refractivity contribution in [1.29, 1.82) is 0 Å². The highest BCUT2D eigenvalue weighted by atomic mass is 19.1. The van der Waals surface area contributed by atoms with Gasteiger partial charge in [-0.15, -0.1) is 0 Å². The standard InChI is InChI=1S/C13H17FN2O5/c1-8(13(17)21-4)7-15(2)10-6-12(20-3)9(14)5-11(10)16(18)19/h5-6,8H,7H2,1-4H3. The van der Waals surface area contributed by atoms with Crippen molar-refractivity contribution in [2.45, 2.75) is 6.92 Å². The molecule has 0 aliphatic heterocycles. The molecule has 0 N–H and O–H groups in total. The van der Waals surface area contributed by atoms with E-state index in [1.54, 1.807) is 14.0 Å². The summed E-state index contributed by atoms with van der Waals surface area (Å²) < 4.78 is 23.0. The van der Waals surface area contributed by atoms with Gasteiger partial charge in [0.05, 0.1) is 31.1 Å². The van der Waals surface area contributed by atoms with Gasteiger partial charge in [0.25, 0.3) is 5.69 Å². The number of methoxy groups -OCH3 is 2. The second kappa shape index (κ2) is 6.87. The number of nitro benzene ring substituents is 1. The van der Waals surface area contributed by atoms with Crippen LogP contribution < -0.4 is 9.64 Å². The Morgan fingerprint density at radius 2 is 2.10 bits per heavy atom. The van der Waals surface area contributed by atoms with Crippen LogP contribution in [0.3, 0.4) is 0 Å². The van der Waals surface area contributed by atoms with E-state index in [4.69, 9.17) is 4.74 Å². The molecule has 21 heavy (non-hydrogen) atoms. The maximum atomic E-state index is 13.6. The molecule has 1 rings (SSSR count). The molecule has 0 amide bonds. The van der Waals surface area contributed by atoms with Crippen LogP contribution in [0.2, 0.25) is 0 Å². The van der Waals surface area contributed by atoms with Gasteiger partial charge < -0.3 is 14.4 Å². The predicted octanol–water partition coefficient (Wildman–Crippen LogP) is 1.99. The zero-order valence-electron chi connectivity index (χ0n) is 12.3. The third-order valence-corrected chi connectivity index (χ3v) is 3.01. The van der Waals surface area contributed by atoms with Crippen LogP contribution in [0.4, 0.5) is 15.8 Å². The van der Waals surface area contributed by atoms with E-state index in [2.05, 4.69) is 4.74 Å². The van der Waals surface area contributed by atoms with Crippen LogP contribution in [-0.2, 0) is 9.53 Å². The van der Waals surface area contributed by atoms with E-state index < -0.39 is 28.3 Å². The van der Waals surface area contributed by atoms with E-state index in [0.717, 1.165) is 6.07 Å². The predicted molar refractivity (Wildman–Crippen MR) is 74.1 cm³/mol. The fourth-order valence-corrected chi connectivity index (χ4v) is 1.93. The maximum Gasteiger partial charge on any atom is 0.310 e. The summed E-state index contributed by atoms with van der Waals surface area (Å²) in [5, 5.41) is 11.0. The van der Waals surface area contributed by atoms with Crippen LogP contribution in [0.1, 0.15) is 6.92 Å². The summed E-state index contributed by atoms with van der Waals surface area (Å²) in [6.07, 6.45) is 0. The smallest absolute Gasteiger partial charge is 0.310 e. The second-order valence-corrected chi connectivity index (χ2v) is 4.54. The Balaban J connectivity index is 3.14. The summed E-state index contributed by atoms with van der Waals surface area (Å²) in [4.78, 5) is 23.2. The van der Waals surface area contributed by atoms with Crippen LogP contribution in [0, 0.1) is 21.8 Å². The van der Waals surface area contributed by atoms with Gasteiger partial charge in [0, 0.05) is 19.7 Å². The van der Waals surface area contributed by atoms with Crippen LogP contribution in [0.15, 0.2) is 12.1 Å². The largest absolute Gasteiger partial charge is 0.494 e. The first kappa shape index (κ1) is 16.7. The summed E-state index contributed by atoms with van der Waals surface area (Å²) in [6.45, 7) is 1.82. The first-order chi connectivity index (χ1) is 9.81. The minimum absolute atomic E-state index is 0.104. The van der Waals surface area contributed by atoms with Crippen molar-refractivity contribution in [3.8, 4) is 5.75 Å². The third kappa shape index (κ3) is 3.80. The van der Waals surface area contributed by atoms with E-state index in [0.29, 0.717) is 0 Å². The Morgan fingerprint density at radius 3 is 2.57 bits per heavy atom. The monoisotopic (exact) mass is 300 g/mol. The number of hydrogen-bond acceptors (Lipinski definition) is 6. The van der Waals surface area contributed by atoms with Crippen molar-refractivity contribution in [3.05, 3.63) is 28.1 Å². The molecule has 1 aromatic rings. The molecule has 8 heteroatoms. The highest BCUT2D eigenvalue weighted by Gasteiger charge is 2.24. The number of rotatable bonds is 6. The molecule has 0 spiro atoms. The zero-order chi connectivity index (χ0) is 16.2. The third-order valence-electron chi connectivity index (χ3n) is 3.01. The lowest BCUT2D eigenvalue weighted by molar-refractivity contribution is -0.384. The lowest BCUT2D eigenvalue weighted by Gasteiger charge is -2.22. The van der Waals surface area contributed by atoms with E-state index in [-0.39, 0.29) is 18.0 Å². The Kier molecular flexibility index (Phi) is 5.45. The summed E-state index contributed by atoms with van der Waals surface area (Å²) in [7, 11) is 4.10. The molecule has 0 fully saturated rings. The first-order valence-corrected chi connectivity index (χ1v) is 6.12. The summed E-state index contributed by atoms with van der Waals surface area (Å²) in [5.74, 6) is -1.84. The Labute approximate surface area is 121 Å². The molecule has 0 aliphatic carbocycles. The van der Waals surface area contributed by atoms with Gasteiger partial charge in [-0.3, -0.25) is 14.9 Å². The second-order valence-electron chi connectivity index (χ2n) is 4.54.